The molecule has 65 heavy (non-hydrogen) atoms. The van der Waals surface area contributed by atoms with Gasteiger partial charge in [0, 0.05) is 11.8 Å². The van der Waals surface area contributed by atoms with Crippen LogP contribution in [0.5, 0.6) is 17.2 Å². The zero-order valence-electron chi connectivity index (χ0n) is 38.8. The molecule has 0 radical (unpaired) electrons. The van der Waals surface area contributed by atoms with E-state index in [1.165, 1.54) is 33.5 Å². The average molecular weight is 921 g/mol. The van der Waals surface area contributed by atoms with Crippen molar-refractivity contribution in [1.29, 1.82) is 0 Å². The van der Waals surface area contributed by atoms with Crippen molar-refractivity contribution in [3.8, 4) is 17.2 Å². The first-order chi connectivity index (χ1) is 30.7. The standard InChI is InChI=1S/C48H72O17/c1-23(10-9-14-46(2,3)57)36-30(63-44-40(54)38(52)34(22-61-44)62-43(56)24-16-31(58-6)42(60-8)32(17-24)59-7)20-29-27-12-11-25-18-26(50)19-35(48(25,5)28(27)13-15-47(29,36)4)65-45-41(55)39(53)37(51)33(21-49)64-45/h9,11,14,16-17,23,26-30,33-41,44-45,49-55,57H,10,12-13,15,18-22H2,1-8H3/b14-9+/t23-,26-,27-,28+,29+,30+,33-,34+,35-,36+,37-,38+,39+,40-,41-,44+,45+,47+,48+/m1/s1. The molecule has 0 unspecified atom stereocenters. The van der Waals surface area contributed by atoms with E-state index in [0.29, 0.717) is 19.3 Å². The van der Waals surface area contributed by atoms with Crippen LogP contribution in [0.2, 0.25) is 0 Å². The number of aliphatic hydroxyl groups excluding tert-OH is 7. The highest BCUT2D eigenvalue weighted by molar-refractivity contribution is 5.91. The van der Waals surface area contributed by atoms with E-state index in [9.17, 15) is 45.6 Å². The molecule has 2 heterocycles. The van der Waals surface area contributed by atoms with Gasteiger partial charge in [-0.1, -0.05) is 44.6 Å². The first-order valence-corrected chi connectivity index (χ1v) is 23.1. The van der Waals surface area contributed by atoms with Gasteiger partial charge in [-0.2, -0.15) is 0 Å². The second-order valence-electron chi connectivity index (χ2n) is 20.3. The number of benzene rings is 1. The van der Waals surface area contributed by atoms with Crippen LogP contribution in [0.4, 0.5) is 0 Å². The van der Waals surface area contributed by atoms with E-state index in [1.54, 1.807) is 19.9 Å². The summed E-state index contributed by atoms with van der Waals surface area (Å²) in [6.07, 6.45) is -4.18. The number of carbonyl (C=O) groups is 1. The zero-order chi connectivity index (χ0) is 47.3. The van der Waals surface area contributed by atoms with Gasteiger partial charge < -0.3 is 78.7 Å². The molecule has 4 aliphatic carbocycles. The van der Waals surface area contributed by atoms with Crippen LogP contribution in [0.1, 0.15) is 89.9 Å². The minimum atomic E-state index is -1.60. The smallest absolute Gasteiger partial charge is 0.338 e. The molecule has 0 aromatic heterocycles. The minimum absolute atomic E-state index is 0.0454. The lowest BCUT2D eigenvalue weighted by atomic mass is 9.46. The number of rotatable bonds is 14. The Morgan fingerprint density at radius 2 is 1.57 bits per heavy atom. The van der Waals surface area contributed by atoms with E-state index in [2.05, 4.69) is 26.8 Å². The number of carbonyl (C=O) groups excluding carboxylic acids is 1. The fraction of sp³-hybridized carbons (Fsp3) is 0.771. The normalized spacial score (nSPS) is 42.3. The first kappa shape index (κ1) is 50.0. The summed E-state index contributed by atoms with van der Waals surface area (Å²) in [5.74, 6) is 0.301. The highest BCUT2D eigenvalue weighted by Crippen LogP contribution is 2.68. The number of hydrogen-bond donors (Lipinski definition) is 8. The van der Waals surface area contributed by atoms with Crippen LogP contribution in [0.3, 0.4) is 0 Å². The van der Waals surface area contributed by atoms with Crippen molar-refractivity contribution in [1.82, 2.24) is 0 Å². The van der Waals surface area contributed by atoms with Gasteiger partial charge in [0.15, 0.2) is 30.2 Å². The lowest BCUT2D eigenvalue weighted by Gasteiger charge is -2.60. The molecule has 2 saturated heterocycles. The third-order valence-electron chi connectivity index (χ3n) is 15.9. The maximum Gasteiger partial charge on any atom is 0.338 e. The van der Waals surface area contributed by atoms with Crippen molar-refractivity contribution in [3.63, 3.8) is 0 Å². The average Bonchev–Trinajstić information content (AvgIpc) is 3.57. The lowest BCUT2D eigenvalue weighted by Crippen LogP contribution is -2.62. The summed E-state index contributed by atoms with van der Waals surface area (Å²) in [7, 11) is 4.28. The van der Waals surface area contributed by atoms with Gasteiger partial charge in [0.2, 0.25) is 5.75 Å². The second-order valence-corrected chi connectivity index (χ2v) is 20.3. The van der Waals surface area contributed by atoms with Crippen LogP contribution in [0, 0.1) is 40.4 Å². The molecule has 17 nitrogen and oxygen atoms in total. The summed E-state index contributed by atoms with van der Waals surface area (Å²) in [5.41, 5.74) is -0.713. The zero-order valence-corrected chi connectivity index (χ0v) is 38.8. The van der Waals surface area contributed by atoms with E-state index >= 15 is 0 Å². The Kier molecular flexibility index (Phi) is 15.1. The van der Waals surface area contributed by atoms with Crippen LogP contribution in [0.15, 0.2) is 35.9 Å². The molecule has 17 heteroatoms. The van der Waals surface area contributed by atoms with Crippen molar-refractivity contribution in [2.45, 2.75) is 159 Å². The predicted molar refractivity (Wildman–Crippen MR) is 232 cm³/mol. The molecule has 3 saturated carbocycles. The van der Waals surface area contributed by atoms with Crippen molar-refractivity contribution in [3.05, 3.63) is 41.5 Å². The SMILES string of the molecule is COc1cc(C(=O)O[C@H]2CO[C@@H](O[C@H]3C[C@H]4[C@@H]5CC=C6C[C@@H](O)C[C@@H](O[C@@H]7O[C@H](CO)[C@@H](O)[C@H](O)[C@H]7O)[C@]6(C)[C@H]5CC[C@]4(C)[C@H]3[C@H](C)C/C=C/C(C)(C)O)[C@H](O)[C@H]2O)cc(OC)c1OC. The molecule has 7 rings (SSSR count). The van der Waals surface area contributed by atoms with E-state index < -0.39 is 97.2 Å². The van der Waals surface area contributed by atoms with Crippen LogP contribution < -0.4 is 14.2 Å². The fourth-order valence-corrected chi connectivity index (χ4v) is 12.7. The third-order valence-corrected chi connectivity index (χ3v) is 15.9. The number of allylic oxidation sites excluding steroid dienone is 2. The molecule has 1 aromatic carbocycles. The van der Waals surface area contributed by atoms with Gasteiger partial charge in [0.05, 0.1) is 64.0 Å². The Labute approximate surface area is 381 Å². The minimum Gasteiger partial charge on any atom is -0.493 e. The predicted octanol–water partition coefficient (Wildman–Crippen LogP) is 2.40. The molecule has 2 aliphatic heterocycles. The Morgan fingerprint density at radius 1 is 0.892 bits per heavy atom. The van der Waals surface area contributed by atoms with Crippen LogP contribution in [0.25, 0.3) is 0 Å². The van der Waals surface area contributed by atoms with Gasteiger partial charge in [-0.25, -0.2) is 4.79 Å². The summed E-state index contributed by atoms with van der Waals surface area (Å²) >= 11 is 0. The van der Waals surface area contributed by atoms with Gasteiger partial charge in [-0.15, -0.1) is 0 Å². The van der Waals surface area contributed by atoms with E-state index in [-0.39, 0.29) is 70.8 Å². The van der Waals surface area contributed by atoms with Gasteiger partial charge in [-0.3, -0.25) is 0 Å². The van der Waals surface area contributed by atoms with Crippen molar-refractivity contribution >= 4 is 5.97 Å². The molecular weight excluding hydrogens is 849 g/mol. The molecule has 5 fully saturated rings. The summed E-state index contributed by atoms with van der Waals surface area (Å²) in [6, 6.07) is 2.86. The Hall–Kier alpha value is -2.91. The van der Waals surface area contributed by atoms with E-state index in [4.69, 9.17) is 37.9 Å². The summed E-state index contributed by atoms with van der Waals surface area (Å²) < 4.78 is 47.1. The molecule has 8 N–H and O–H groups in total. The Morgan fingerprint density at radius 3 is 2.20 bits per heavy atom. The largest absolute Gasteiger partial charge is 0.493 e. The number of ether oxygens (including phenoxy) is 8. The summed E-state index contributed by atoms with van der Waals surface area (Å²) in [6.45, 7) is 9.25. The highest BCUT2D eigenvalue weighted by Gasteiger charge is 2.65. The summed E-state index contributed by atoms with van der Waals surface area (Å²) in [5, 5.41) is 86.6. The molecule has 19 atom stereocenters. The molecule has 0 spiro atoms. The van der Waals surface area contributed by atoms with Crippen molar-refractivity contribution < 1.29 is 83.5 Å². The molecule has 0 amide bonds. The molecule has 6 aliphatic rings. The monoisotopic (exact) mass is 920 g/mol. The lowest BCUT2D eigenvalue weighted by molar-refractivity contribution is -0.324. The van der Waals surface area contributed by atoms with Gasteiger partial charge in [-0.05, 0) is 99.5 Å². The molecule has 1 aromatic rings. The molecule has 0 bridgehead atoms. The topological polar surface area (TPSA) is 253 Å². The van der Waals surface area contributed by atoms with Crippen molar-refractivity contribution in [2.24, 2.45) is 40.4 Å². The quantitative estimate of drug-likeness (QED) is 0.0986. The maximum atomic E-state index is 13.4. The van der Waals surface area contributed by atoms with Gasteiger partial charge in [0.25, 0.3) is 0 Å². The third kappa shape index (κ3) is 9.47. The number of aliphatic hydroxyl groups is 8. The highest BCUT2D eigenvalue weighted by atomic mass is 16.7. The van der Waals surface area contributed by atoms with Gasteiger partial charge in [0.1, 0.15) is 36.6 Å². The summed E-state index contributed by atoms with van der Waals surface area (Å²) in [4.78, 5) is 13.4. The van der Waals surface area contributed by atoms with E-state index in [0.717, 1.165) is 24.8 Å². The number of esters is 1. The second kappa shape index (κ2) is 19.6. The van der Waals surface area contributed by atoms with Gasteiger partial charge >= 0.3 is 5.97 Å². The molecule has 366 valence electrons. The van der Waals surface area contributed by atoms with E-state index in [1.807, 2.05) is 6.08 Å². The molecular formula is C48H72O17. The maximum absolute atomic E-state index is 13.4. The first-order valence-electron chi connectivity index (χ1n) is 23.1. The number of fused-ring (bicyclic) bond motifs is 5. The van der Waals surface area contributed by atoms with Crippen molar-refractivity contribution in [2.75, 3.05) is 34.5 Å². The fourth-order valence-electron chi connectivity index (χ4n) is 12.7. The Balaban J connectivity index is 1.12. The Bertz CT molecular complexity index is 1860. The number of methoxy groups -OCH3 is 3. The van der Waals surface area contributed by atoms with Crippen LogP contribution in [-0.2, 0) is 23.7 Å². The van der Waals surface area contributed by atoms with Crippen LogP contribution >= 0.6 is 0 Å². The van der Waals surface area contributed by atoms with Crippen LogP contribution in [-0.4, -0.2) is 161 Å². The number of hydrogen-bond acceptors (Lipinski definition) is 17.